The van der Waals surface area contributed by atoms with Crippen molar-refractivity contribution in [1.29, 1.82) is 0 Å². The second kappa shape index (κ2) is 7.87. The van der Waals surface area contributed by atoms with Gasteiger partial charge in [0.1, 0.15) is 0 Å². The van der Waals surface area contributed by atoms with Crippen molar-refractivity contribution in [3.05, 3.63) is 22.4 Å². The van der Waals surface area contributed by atoms with Gasteiger partial charge in [0.15, 0.2) is 0 Å². The van der Waals surface area contributed by atoms with Crippen LogP contribution >= 0.6 is 23.6 Å². The normalized spacial score (nSPS) is 14.4. The molecule has 1 heterocycles. The van der Waals surface area contributed by atoms with Crippen molar-refractivity contribution >= 4 is 34.5 Å². The minimum atomic E-state index is 0.170. The molecule has 1 aliphatic carbocycles. The Labute approximate surface area is 135 Å². The van der Waals surface area contributed by atoms with E-state index in [0.717, 1.165) is 13.1 Å². The van der Waals surface area contributed by atoms with Crippen molar-refractivity contribution in [1.82, 2.24) is 9.80 Å². The second-order valence-corrected chi connectivity index (χ2v) is 7.12. The standard InChI is InChI=1S/C15H23N3OS2/c1-17(8-6-14(16)20)15(19)7-9-18(12-4-5-12)11-13-3-2-10-21-13/h2-3,10,12H,4-9,11H2,1H3,(H2,16,20). The number of hydrogen-bond acceptors (Lipinski definition) is 4. The predicted molar refractivity (Wildman–Crippen MR) is 91.4 cm³/mol. The molecule has 1 saturated carbocycles. The fourth-order valence-electron chi connectivity index (χ4n) is 2.27. The van der Waals surface area contributed by atoms with Crippen molar-refractivity contribution in [2.45, 2.75) is 38.3 Å². The summed E-state index contributed by atoms with van der Waals surface area (Å²) < 4.78 is 0. The van der Waals surface area contributed by atoms with E-state index < -0.39 is 0 Å². The Morgan fingerprint density at radius 3 is 2.76 bits per heavy atom. The fraction of sp³-hybridized carbons (Fsp3) is 0.600. The summed E-state index contributed by atoms with van der Waals surface area (Å²) in [6.45, 7) is 2.41. The lowest BCUT2D eigenvalue weighted by molar-refractivity contribution is -0.130. The first-order valence-corrected chi connectivity index (χ1v) is 8.63. The average Bonchev–Trinajstić information content (AvgIpc) is 3.17. The Bertz CT molecular complexity index is 471. The number of hydrogen-bond donors (Lipinski definition) is 1. The first kappa shape index (κ1) is 16.4. The van der Waals surface area contributed by atoms with Crippen LogP contribution in [0, 0.1) is 0 Å². The van der Waals surface area contributed by atoms with Gasteiger partial charge in [-0.15, -0.1) is 11.3 Å². The molecule has 1 aromatic rings. The average molecular weight is 326 g/mol. The van der Waals surface area contributed by atoms with Gasteiger partial charge in [-0.25, -0.2) is 0 Å². The van der Waals surface area contributed by atoms with E-state index in [4.69, 9.17) is 18.0 Å². The van der Waals surface area contributed by atoms with E-state index in [1.807, 2.05) is 7.05 Å². The Hall–Kier alpha value is -0.980. The van der Waals surface area contributed by atoms with E-state index in [9.17, 15) is 4.79 Å². The van der Waals surface area contributed by atoms with E-state index in [-0.39, 0.29) is 5.91 Å². The van der Waals surface area contributed by atoms with Gasteiger partial charge in [-0.1, -0.05) is 18.3 Å². The molecule has 1 aromatic heterocycles. The third-order valence-electron chi connectivity index (χ3n) is 3.73. The van der Waals surface area contributed by atoms with E-state index in [2.05, 4.69) is 22.4 Å². The molecule has 4 nitrogen and oxygen atoms in total. The molecule has 0 spiro atoms. The summed E-state index contributed by atoms with van der Waals surface area (Å²) in [5, 5.41) is 2.11. The molecule has 0 aliphatic heterocycles. The van der Waals surface area contributed by atoms with Gasteiger partial charge >= 0.3 is 0 Å². The Kier molecular flexibility index (Phi) is 6.14. The molecule has 2 N–H and O–H groups in total. The molecular formula is C15H23N3OS2. The molecule has 0 atom stereocenters. The van der Waals surface area contributed by atoms with Crippen LogP contribution in [0.3, 0.4) is 0 Å². The molecule has 0 aromatic carbocycles. The van der Waals surface area contributed by atoms with E-state index in [1.165, 1.54) is 17.7 Å². The molecule has 0 saturated heterocycles. The summed E-state index contributed by atoms with van der Waals surface area (Å²) in [4.78, 5) is 18.1. The van der Waals surface area contributed by atoms with Crippen LogP contribution in [-0.4, -0.2) is 46.9 Å². The summed E-state index contributed by atoms with van der Waals surface area (Å²) in [6, 6.07) is 4.91. The first-order valence-electron chi connectivity index (χ1n) is 7.35. The molecular weight excluding hydrogens is 302 g/mol. The number of carbonyl (C=O) groups excluding carboxylic acids is 1. The third-order valence-corrected chi connectivity index (χ3v) is 4.80. The summed E-state index contributed by atoms with van der Waals surface area (Å²) >= 11 is 6.63. The molecule has 1 aliphatic rings. The maximum absolute atomic E-state index is 12.1. The molecule has 0 bridgehead atoms. The summed E-state index contributed by atoms with van der Waals surface area (Å²) in [7, 11) is 1.82. The van der Waals surface area contributed by atoms with Gasteiger partial charge < -0.3 is 10.6 Å². The maximum atomic E-state index is 12.1. The van der Waals surface area contributed by atoms with Gasteiger partial charge in [-0.3, -0.25) is 9.69 Å². The summed E-state index contributed by atoms with van der Waals surface area (Å²) in [6.07, 6.45) is 3.68. The van der Waals surface area contributed by atoms with E-state index in [0.29, 0.717) is 30.4 Å². The van der Waals surface area contributed by atoms with Crippen LogP contribution in [0.15, 0.2) is 17.5 Å². The maximum Gasteiger partial charge on any atom is 0.223 e. The number of nitrogens with zero attached hydrogens (tertiary/aromatic N) is 2. The van der Waals surface area contributed by atoms with Gasteiger partial charge in [0.25, 0.3) is 0 Å². The largest absolute Gasteiger partial charge is 0.393 e. The van der Waals surface area contributed by atoms with Gasteiger partial charge in [0.05, 0.1) is 4.99 Å². The van der Waals surface area contributed by atoms with Gasteiger partial charge in [0, 0.05) is 50.4 Å². The lowest BCUT2D eigenvalue weighted by Gasteiger charge is -2.23. The number of rotatable bonds is 9. The monoisotopic (exact) mass is 325 g/mol. The van der Waals surface area contributed by atoms with Gasteiger partial charge in [-0.2, -0.15) is 0 Å². The van der Waals surface area contributed by atoms with E-state index >= 15 is 0 Å². The smallest absolute Gasteiger partial charge is 0.223 e. The molecule has 6 heteroatoms. The van der Waals surface area contributed by atoms with Gasteiger partial charge in [0.2, 0.25) is 5.91 Å². The SMILES string of the molecule is CN(CCC(N)=S)C(=O)CCN(Cc1cccs1)C1CC1. The van der Waals surface area contributed by atoms with Crippen LogP contribution in [0.25, 0.3) is 0 Å². The van der Waals surface area contributed by atoms with Crippen LogP contribution in [-0.2, 0) is 11.3 Å². The quantitative estimate of drug-likeness (QED) is 0.708. The van der Waals surface area contributed by atoms with Crippen LogP contribution in [0.2, 0.25) is 0 Å². The highest BCUT2D eigenvalue weighted by molar-refractivity contribution is 7.80. The molecule has 1 fully saturated rings. The lowest BCUT2D eigenvalue weighted by Crippen LogP contribution is -2.34. The van der Waals surface area contributed by atoms with Crippen LogP contribution in [0.4, 0.5) is 0 Å². The highest BCUT2D eigenvalue weighted by atomic mass is 32.1. The molecule has 116 valence electrons. The predicted octanol–water partition coefficient (Wildman–Crippen LogP) is 2.24. The fourth-order valence-corrected chi connectivity index (χ4v) is 3.09. The van der Waals surface area contributed by atoms with Gasteiger partial charge in [-0.05, 0) is 24.3 Å². The van der Waals surface area contributed by atoms with Crippen molar-refractivity contribution in [2.75, 3.05) is 20.1 Å². The number of thiophene rings is 1. The molecule has 2 rings (SSSR count). The number of nitrogens with two attached hydrogens (primary N) is 1. The Morgan fingerprint density at radius 2 is 2.19 bits per heavy atom. The number of amides is 1. The molecule has 0 radical (unpaired) electrons. The highest BCUT2D eigenvalue weighted by Gasteiger charge is 2.29. The lowest BCUT2D eigenvalue weighted by atomic mass is 10.3. The molecule has 1 amide bonds. The van der Waals surface area contributed by atoms with E-state index in [1.54, 1.807) is 16.2 Å². The van der Waals surface area contributed by atoms with Crippen molar-refractivity contribution in [3.8, 4) is 0 Å². The van der Waals surface area contributed by atoms with Crippen molar-refractivity contribution in [3.63, 3.8) is 0 Å². The minimum Gasteiger partial charge on any atom is -0.393 e. The number of thiocarbonyl (C=S) groups is 1. The second-order valence-electron chi connectivity index (χ2n) is 5.56. The van der Waals surface area contributed by atoms with Crippen molar-refractivity contribution in [2.24, 2.45) is 5.73 Å². The Morgan fingerprint density at radius 1 is 1.43 bits per heavy atom. The molecule has 0 unspecified atom stereocenters. The topological polar surface area (TPSA) is 49.6 Å². The summed E-state index contributed by atoms with van der Waals surface area (Å²) in [5.74, 6) is 0.170. The summed E-state index contributed by atoms with van der Waals surface area (Å²) in [5.41, 5.74) is 5.47. The van der Waals surface area contributed by atoms with Crippen LogP contribution in [0.5, 0.6) is 0 Å². The van der Waals surface area contributed by atoms with Crippen LogP contribution in [0.1, 0.15) is 30.6 Å². The zero-order valence-corrected chi connectivity index (χ0v) is 14.1. The zero-order chi connectivity index (χ0) is 15.2. The number of carbonyl (C=O) groups is 1. The third kappa shape index (κ3) is 5.73. The Balaban J connectivity index is 1.76. The highest BCUT2D eigenvalue weighted by Crippen LogP contribution is 2.29. The minimum absolute atomic E-state index is 0.170. The first-order chi connectivity index (χ1) is 10.1. The van der Waals surface area contributed by atoms with Crippen molar-refractivity contribution < 1.29 is 4.79 Å². The molecule has 21 heavy (non-hydrogen) atoms. The van der Waals surface area contributed by atoms with Crippen LogP contribution < -0.4 is 5.73 Å². The zero-order valence-electron chi connectivity index (χ0n) is 12.5.